The molecule has 2 aromatic rings. The molecule has 8 heteroatoms. The van der Waals surface area contributed by atoms with Gasteiger partial charge in [-0.05, 0) is 30.4 Å². The monoisotopic (exact) mass is 455 g/mol. The highest BCUT2D eigenvalue weighted by molar-refractivity contribution is 5.81. The van der Waals surface area contributed by atoms with Gasteiger partial charge >= 0.3 is 18.1 Å². The van der Waals surface area contributed by atoms with Crippen molar-refractivity contribution in [2.45, 2.75) is 38.8 Å². The first kappa shape index (κ1) is 25.7. The van der Waals surface area contributed by atoms with Crippen molar-refractivity contribution in [3.05, 3.63) is 71.8 Å². The van der Waals surface area contributed by atoms with E-state index >= 15 is 0 Å². The lowest BCUT2D eigenvalue weighted by Crippen LogP contribution is -2.42. The van der Waals surface area contributed by atoms with E-state index in [9.17, 15) is 14.4 Å². The molecule has 1 atom stereocenters. The van der Waals surface area contributed by atoms with Crippen LogP contribution >= 0.6 is 0 Å². The molecule has 33 heavy (non-hydrogen) atoms. The van der Waals surface area contributed by atoms with Gasteiger partial charge in [-0.3, -0.25) is 0 Å². The lowest BCUT2D eigenvalue weighted by Gasteiger charge is -2.22. The number of amides is 3. The van der Waals surface area contributed by atoms with E-state index in [0.29, 0.717) is 25.9 Å². The van der Waals surface area contributed by atoms with Gasteiger partial charge in [-0.2, -0.15) is 0 Å². The van der Waals surface area contributed by atoms with E-state index in [1.807, 2.05) is 60.7 Å². The second-order valence-electron chi connectivity index (χ2n) is 7.47. The maximum absolute atomic E-state index is 12.3. The maximum atomic E-state index is 12.3. The molecule has 178 valence electrons. The number of esters is 1. The summed E-state index contributed by atoms with van der Waals surface area (Å²) in [5, 5.41) is 5.18. The minimum Gasteiger partial charge on any atom is -0.464 e. The summed E-state index contributed by atoms with van der Waals surface area (Å²) in [5.41, 5.74) is 2.00. The molecule has 0 aliphatic heterocycles. The number of hydrogen-bond donors (Lipinski definition) is 2. The number of carbonyl (C=O) groups excluding carboxylic acids is 3. The number of urea groups is 1. The van der Waals surface area contributed by atoms with E-state index in [1.54, 1.807) is 18.9 Å². The van der Waals surface area contributed by atoms with E-state index in [-0.39, 0.29) is 19.2 Å². The minimum absolute atomic E-state index is 0.121. The molecule has 1 unspecified atom stereocenters. The molecule has 0 radical (unpaired) electrons. The van der Waals surface area contributed by atoms with Crippen LogP contribution in [0.25, 0.3) is 0 Å². The molecule has 0 aliphatic carbocycles. The van der Waals surface area contributed by atoms with E-state index < -0.39 is 18.1 Å². The van der Waals surface area contributed by atoms with Crippen LogP contribution in [0.15, 0.2) is 60.7 Å². The van der Waals surface area contributed by atoms with Gasteiger partial charge in [-0.25, -0.2) is 14.4 Å². The molecule has 2 rings (SSSR count). The Morgan fingerprint density at radius 2 is 1.55 bits per heavy atom. The number of benzene rings is 2. The van der Waals surface area contributed by atoms with Gasteiger partial charge < -0.3 is 25.0 Å². The van der Waals surface area contributed by atoms with Crippen molar-refractivity contribution < 1.29 is 23.9 Å². The van der Waals surface area contributed by atoms with Crippen molar-refractivity contribution in [2.75, 3.05) is 26.7 Å². The molecule has 2 N–H and O–H groups in total. The molecule has 0 saturated carbocycles. The fourth-order valence-corrected chi connectivity index (χ4v) is 3.15. The lowest BCUT2D eigenvalue weighted by molar-refractivity contribution is -0.146. The Balaban J connectivity index is 1.71. The summed E-state index contributed by atoms with van der Waals surface area (Å²) < 4.78 is 10.5. The molecule has 8 nitrogen and oxygen atoms in total. The number of nitrogens with one attached hydrogen (secondary N) is 2. The summed E-state index contributed by atoms with van der Waals surface area (Å²) in [7, 11) is 1.59. The summed E-state index contributed by atoms with van der Waals surface area (Å²) in [4.78, 5) is 38.2. The van der Waals surface area contributed by atoms with Crippen LogP contribution in [0.1, 0.15) is 30.9 Å². The highest BCUT2D eigenvalue weighted by atomic mass is 16.6. The van der Waals surface area contributed by atoms with Crippen molar-refractivity contribution in [3.63, 3.8) is 0 Å². The van der Waals surface area contributed by atoms with Gasteiger partial charge in [0.25, 0.3) is 0 Å². The fraction of sp³-hybridized carbons (Fsp3) is 0.400. The second kappa shape index (κ2) is 14.5. The van der Waals surface area contributed by atoms with Gasteiger partial charge in [0.2, 0.25) is 0 Å². The van der Waals surface area contributed by atoms with Crippen LogP contribution in [0, 0.1) is 0 Å². The molecule has 0 spiro atoms. The molecule has 0 heterocycles. The molecule has 0 fully saturated rings. The average Bonchev–Trinajstić information content (AvgIpc) is 2.86. The van der Waals surface area contributed by atoms with E-state index in [0.717, 1.165) is 17.5 Å². The van der Waals surface area contributed by atoms with Crippen LogP contribution in [-0.2, 0) is 27.3 Å². The topological polar surface area (TPSA) is 97.0 Å². The first-order chi connectivity index (χ1) is 16.0. The SMILES string of the molecule is CCC(NC(=O)OCc1ccccc1)C(=O)OCCCN(CCc1ccccc1)C(=O)NC. The van der Waals surface area contributed by atoms with E-state index in [1.165, 1.54) is 0 Å². The third-order valence-corrected chi connectivity index (χ3v) is 5.03. The molecule has 0 saturated heterocycles. The van der Waals surface area contributed by atoms with Crippen LogP contribution in [0.2, 0.25) is 0 Å². The Morgan fingerprint density at radius 1 is 0.909 bits per heavy atom. The summed E-state index contributed by atoms with van der Waals surface area (Å²) in [6.45, 7) is 3.05. The van der Waals surface area contributed by atoms with Gasteiger partial charge in [-0.1, -0.05) is 67.6 Å². The predicted molar refractivity (Wildman–Crippen MR) is 126 cm³/mol. The number of rotatable bonds is 12. The molecule has 3 amide bonds. The van der Waals surface area contributed by atoms with E-state index in [2.05, 4.69) is 10.6 Å². The molecular weight excluding hydrogens is 422 g/mol. The number of ether oxygens (including phenoxy) is 2. The fourth-order valence-electron chi connectivity index (χ4n) is 3.15. The van der Waals surface area contributed by atoms with Crippen LogP contribution in [-0.4, -0.2) is 55.8 Å². The quantitative estimate of drug-likeness (QED) is 0.377. The van der Waals surface area contributed by atoms with Crippen molar-refractivity contribution >= 4 is 18.1 Å². The van der Waals surface area contributed by atoms with Gasteiger partial charge in [0, 0.05) is 20.1 Å². The Bertz CT molecular complexity index is 861. The minimum atomic E-state index is -0.790. The average molecular weight is 456 g/mol. The number of nitrogens with zero attached hydrogens (tertiary/aromatic N) is 1. The third kappa shape index (κ3) is 9.64. The third-order valence-electron chi connectivity index (χ3n) is 5.03. The van der Waals surface area contributed by atoms with Crippen molar-refractivity contribution in [1.82, 2.24) is 15.5 Å². The standard InChI is InChI=1S/C25H33N3O5/c1-3-22(27-25(31)33-19-21-13-8-5-9-14-21)23(29)32-18-10-16-28(24(30)26-2)17-15-20-11-6-4-7-12-20/h4-9,11-14,22H,3,10,15-19H2,1-2H3,(H,26,30)(H,27,31). The van der Waals surface area contributed by atoms with Crippen LogP contribution in [0.3, 0.4) is 0 Å². The van der Waals surface area contributed by atoms with Gasteiger partial charge in [-0.15, -0.1) is 0 Å². The molecule has 0 bridgehead atoms. The normalized spacial score (nSPS) is 11.2. The summed E-state index contributed by atoms with van der Waals surface area (Å²) in [5.74, 6) is -0.523. The highest BCUT2D eigenvalue weighted by Crippen LogP contribution is 2.05. The van der Waals surface area contributed by atoms with Crippen LogP contribution in [0.4, 0.5) is 9.59 Å². The number of carbonyl (C=O) groups is 3. The maximum Gasteiger partial charge on any atom is 0.408 e. The summed E-state index contributed by atoms with van der Waals surface area (Å²) >= 11 is 0. The zero-order chi connectivity index (χ0) is 23.9. The first-order valence-electron chi connectivity index (χ1n) is 11.2. The van der Waals surface area contributed by atoms with Gasteiger partial charge in [0.15, 0.2) is 0 Å². The Morgan fingerprint density at radius 3 is 2.15 bits per heavy atom. The first-order valence-corrected chi connectivity index (χ1v) is 11.2. The zero-order valence-electron chi connectivity index (χ0n) is 19.3. The van der Waals surface area contributed by atoms with Crippen LogP contribution in [0.5, 0.6) is 0 Å². The van der Waals surface area contributed by atoms with Gasteiger partial charge in [0.1, 0.15) is 12.6 Å². The zero-order valence-corrected chi connectivity index (χ0v) is 19.3. The lowest BCUT2D eigenvalue weighted by atomic mass is 10.1. The Hall–Kier alpha value is -3.55. The number of hydrogen-bond acceptors (Lipinski definition) is 5. The Kier molecular flexibility index (Phi) is 11.3. The molecule has 0 aliphatic rings. The summed E-state index contributed by atoms with van der Waals surface area (Å²) in [6.07, 6.45) is 0.930. The smallest absolute Gasteiger partial charge is 0.408 e. The molecular formula is C25H33N3O5. The van der Waals surface area contributed by atoms with Gasteiger partial charge in [0.05, 0.1) is 6.61 Å². The van der Waals surface area contributed by atoms with E-state index in [4.69, 9.17) is 9.47 Å². The Labute approximate surface area is 195 Å². The predicted octanol–water partition coefficient (Wildman–Crippen LogP) is 3.51. The highest BCUT2D eigenvalue weighted by Gasteiger charge is 2.21. The van der Waals surface area contributed by atoms with Crippen molar-refractivity contribution in [1.29, 1.82) is 0 Å². The summed E-state index contributed by atoms with van der Waals surface area (Å²) in [6, 6.07) is 18.3. The van der Waals surface area contributed by atoms with Crippen LogP contribution < -0.4 is 10.6 Å². The van der Waals surface area contributed by atoms with Crippen molar-refractivity contribution in [3.8, 4) is 0 Å². The largest absolute Gasteiger partial charge is 0.464 e. The second-order valence-corrected chi connectivity index (χ2v) is 7.47. The molecule has 2 aromatic carbocycles. The van der Waals surface area contributed by atoms with Crippen molar-refractivity contribution in [2.24, 2.45) is 0 Å². The number of alkyl carbamates (subject to hydrolysis) is 1. The molecule has 0 aromatic heterocycles.